The fraction of sp³-hybridized carbons (Fsp3) is 0.310. The van der Waals surface area contributed by atoms with Gasteiger partial charge in [0, 0.05) is 73.1 Å². The van der Waals surface area contributed by atoms with Crippen LogP contribution in [0.1, 0.15) is 30.0 Å². The average Bonchev–Trinajstić information content (AvgIpc) is 3.38. The molecule has 4 aromatic heterocycles. The first-order chi connectivity index (χ1) is 18.5. The maximum absolute atomic E-state index is 9.62. The highest BCUT2D eigenvalue weighted by molar-refractivity contribution is 5.85. The monoisotopic (exact) mass is 505 g/mol. The molecular formula is C29H27N7O2. The van der Waals surface area contributed by atoms with Crippen LogP contribution in [-0.2, 0) is 6.54 Å². The van der Waals surface area contributed by atoms with E-state index < -0.39 is 6.10 Å². The van der Waals surface area contributed by atoms with Crippen molar-refractivity contribution in [3.8, 4) is 34.9 Å². The molecule has 3 aliphatic heterocycles. The Morgan fingerprint density at radius 3 is 2.63 bits per heavy atom. The number of fused-ring (bicyclic) bond motifs is 3. The van der Waals surface area contributed by atoms with Crippen molar-refractivity contribution in [2.24, 2.45) is 0 Å². The number of piperidine rings is 1. The van der Waals surface area contributed by atoms with Crippen LogP contribution in [0, 0.1) is 23.2 Å². The van der Waals surface area contributed by atoms with Crippen molar-refractivity contribution < 1.29 is 9.84 Å². The number of anilines is 1. The zero-order valence-electron chi connectivity index (χ0n) is 21.2. The fourth-order valence-corrected chi connectivity index (χ4v) is 5.38. The highest BCUT2D eigenvalue weighted by atomic mass is 16.5. The van der Waals surface area contributed by atoms with Crippen molar-refractivity contribution in [2.75, 3.05) is 25.1 Å². The van der Waals surface area contributed by atoms with Gasteiger partial charge in [-0.15, -0.1) is 0 Å². The van der Waals surface area contributed by atoms with E-state index in [-0.39, 0.29) is 0 Å². The number of aliphatic hydroxyl groups excluding tert-OH is 1. The van der Waals surface area contributed by atoms with Gasteiger partial charge in [-0.3, -0.25) is 4.90 Å². The predicted octanol–water partition coefficient (Wildman–Crippen LogP) is 2.87. The Hall–Kier alpha value is -4.44. The Morgan fingerprint density at radius 2 is 1.97 bits per heavy atom. The lowest BCUT2D eigenvalue weighted by Crippen LogP contribution is -2.68. The standard InChI is InChI=1S/C29H27N7O2/c1-19(37)3-4-20-9-26(29-23(11-30)14-33-36(29)16-20)22-6-7-27(31-13-22)34-17-24-10-25(18-34)35(24)15-21-5-8-28(38-2)32-12-21/h5-9,12-14,16,19,24-25,37H,10,15,17-18H2,1-2H3/t19-,24?,25?/m0/s1. The number of ether oxygens (including phenoxy) is 1. The number of hydrogen-bond donors (Lipinski definition) is 1. The summed E-state index contributed by atoms with van der Waals surface area (Å²) < 4.78 is 6.84. The van der Waals surface area contributed by atoms with Gasteiger partial charge in [-0.2, -0.15) is 10.4 Å². The minimum Gasteiger partial charge on any atom is -0.481 e. The number of aromatic nitrogens is 4. The largest absolute Gasteiger partial charge is 0.481 e. The molecule has 190 valence electrons. The van der Waals surface area contributed by atoms with Crippen molar-refractivity contribution in [1.29, 1.82) is 5.26 Å². The van der Waals surface area contributed by atoms with E-state index >= 15 is 0 Å². The second-order valence-corrected chi connectivity index (χ2v) is 9.79. The van der Waals surface area contributed by atoms with E-state index in [0.29, 0.717) is 34.6 Å². The third kappa shape index (κ3) is 4.43. The molecule has 1 N–H and O–H groups in total. The molecule has 0 aromatic carbocycles. The van der Waals surface area contributed by atoms with Crippen LogP contribution in [0.25, 0.3) is 16.6 Å². The number of nitriles is 1. The topological polar surface area (TPSA) is 103 Å². The predicted molar refractivity (Wildman–Crippen MR) is 142 cm³/mol. The fourth-order valence-electron chi connectivity index (χ4n) is 5.38. The van der Waals surface area contributed by atoms with E-state index in [1.807, 2.05) is 36.7 Å². The molecule has 0 saturated carbocycles. The van der Waals surface area contributed by atoms with Gasteiger partial charge in [0.15, 0.2) is 0 Å². The van der Waals surface area contributed by atoms with Crippen LogP contribution in [0.15, 0.2) is 55.1 Å². The average molecular weight is 506 g/mol. The zero-order chi connectivity index (χ0) is 26.2. The lowest BCUT2D eigenvalue weighted by molar-refractivity contribution is -0.00876. The summed E-state index contributed by atoms with van der Waals surface area (Å²) in [6.45, 7) is 4.38. The van der Waals surface area contributed by atoms with Crippen LogP contribution >= 0.6 is 0 Å². The molecule has 7 heterocycles. The summed E-state index contributed by atoms with van der Waals surface area (Å²) in [6.07, 6.45) is 7.54. The summed E-state index contributed by atoms with van der Waals surface area (Å²) in [5, 5.41) is 23.5. The van der Waals surface area contributed by atoms with Gasteiger partial charge in [0.2, 0.25) is 5.88 Å². The molecule has 38 heavy (non-hydrogen) atoms. The van der Waals surface area contributed by atoms with Gasteiger partial charge in [-0.25, -0.2) is 14.5 Å². The Balaban J connectivity index is 1.21. The third-order valence-corrected chi connectivity index (χ3v) is 7.26. The van der Waals surface area contributed by atoms with Crippen LogP contribution in [0.3, 0.4) is 0 Å². The Kier molecular flexibility index (Phi) is 6.16. The van der Waals surface area contributed by atoms with Gasteiger partial charge in [0.05, 0.1) is 24.4 Å². The number of hydrogen-bond acceptors (Lipinski definition) is 8. The Bertz CT molecular complexity index is 1560. The molecule has 3 aliphatic rings. The van der Waals surface area contributed by atoms with Crippen molar-refractivity contribution in [1.82, 2.24) is 24.5 Å². The number of nitrogens with zero attached hydrogens (tertiary/aromatic N) is 7. The zero-order valence-corrected chi connectivity index (χ0v) is 21.2. The molecular weight excluding hydrogens is 478 g/mol. The number of methoxy groups -OCH3 is 1. The summed E-state index contributed by atoms with van der Waals surface area (Å²) in [5.74, 6) is 7.34. The molecule has 3 saturated heterocycles. The van der Waals surface area contributed by atoms with Gasteiger partial charge in [-0.1, -0.05) is 17.9 Å². The van der Waals surface area contributed by atoms with Crippen molar-refractivity contribution >= 4 is 11.3 Å². The van der Waals surface area contributed by atoms with Gasteiger partial charge in [0.25, 0.3) is 0 Å². The molecule has 3 fully saturated rings. The van der Waals surface area contributed by atoms with E-state index in [1.54, 1.807) is 30.9 Å². The normalized spacial score (nSPS) is 19.3. The van der Waals surface area contributed by atoms with Crippen LogP contribution in [0.2, 0.25) is 0 Å². The maximum atomic E-state index is 9.62. The molecule has 4 aromatic rings. The summed E-state index contributed by atoms with van der Waals surface area (Å²) >= 11 is 0. The van der Waals surface area contributed by atoms with E-state index in [4.69, 9.17) is 9.72 Å². The summed E-state index contributed by atoms with van der Waals surface area (Å²) in [7, 11) is 1.63. The molecule has 9 nitrogen and oxygen atoms in total. The minimum absolute atomic E-state index is 0.488. The first-order valence-corrected chi connectivity index (χ1v) is 12.6. The second kappa shape index (κ2) is 9.79. The highest BCUT2D eigenvalue weighted by Gasteiger charge is 2.44. The molecule has 0 amide bonds. The molecule has 2 unspecified atom stereocenters. The van der Waals surface area contributed by atoms with E-state index in [9.17, 15) is 10.4 Å². The summed E-state index contributed by atoms with van der Waals surface area (Å²) in [5.41, 5.74) is 4.81. The number of piperazine rings is 1. The lowest BCUT2D eigenvalue weighted by atomic mass is 9.87. The number of pyridine rings is 3. The maximum Gasteiger partial charge on any atom is 0.212 e. The second-order valence-electron chi connectivity index (χ2n) is 9.79. The molecule has 7 rings (SSSR count). The molecule has 0 aliphatic carbocycles. The van der Waals surface area contributed by atoms with E-state index in [2.05, 4.69) is 43.9 Å². The van der Waals surface area contributed by atoms with Gasteiger partial charge in [-0.05, 0) is 37.1 Å². The van der Waals surface area contributed by atoms with Crippen molar-refractivity contribution in [2.45, 2.75) is 38.1 Å². The highest BCUT2D eigenvalue weighted by Crippen LogP contribution is 2.36. The van der Waals surface area contributed by atoms with Gasteiger partial charge < -0.3 is 14.7 Å². The molecule has 0 radical (unpaired) electrons. The van der Waals surface area contributed by atoms with Gasteiger partial charge in [0.1, 0.15) is 18.0 Å². The van der Waals surface area contributed by atoms with Crippen LogP contribution in [0.5, 0.6) is 5.88 Å². The van der Waals surface area contributed by atoms with Crippen LogP contribution < -0.4 is 9.64 Å². The first-order valence-electron chi connectivity index (χ1n) is 12.6. The van der Waals surface area contributed by atoms with E-state index in [1.165, 1.54) is 12.0 Å². The lowest BCUT2D eigenvalue weighted by Gasteiger charge is -2.56. The summed E-state index contributed by atoms with van der Waals surface area (Å²) in [4.78, 5) is 14.0. The molecule has 9 heteroatoms. The number of rotatable bonds is 5. The SMILES string of the molecule is COc1ccc(CN2C3CC2CN(c2ccc(-c4cc(C#C[C@H](C)O)cn5ncc(C#N)c45)cn2)C3)cn1. The Labute approximate surface area is 220 Å². The molecule has 2 bridgehead atoms. The summed E-state index contributed by atoms with van der Waals surface area (Å²) in [6, 6.07) is 13.2. The number of aliphatic hydroxyl groups is 1. The Morgan fingerprint density at radius 1 is 1.13 bits per heavy atom. The van der Waals surface area contributed by atoms with Crippen LogP contribution in [0.4, 0.5) is 5.82 Å². The van der Waals surface area contributed by atoms with Crippen molar-refractivity contribution in [3.63, 3.8) is 0 Å². The third-order valence-electron chi connectivity index (χ3n) is 7.26. The van der Waals surface area contributed by atoms with Crippen molar-refractivity contribution in [3.05, 3.63) is 71.8 Å². The molecule has 0 spiro atoms. The first kappa shape index (κ1) is 23.9. The van der Waals surface area contributed by atoms with Gasteiger partial charge >= 0.3 is 0 Å². The quantitative estimate of drug-likeness (QED) is 0.413. The minimum atomic E-state index is -0.734. The molecule has 3 atom stereocenters. The van der Waals surface area contributed by atoms with Crippen LogP contribution in [-0.4, -0.2) is 68.0 Å². The smallest absolute Gasteiger partial charge is 0.212 e. The van der Waals surface area contributed by atoms with E-state index in [0.717, 1.165) is 36.6 Å².